The van der Waals surface area contributed by atoms with Crippen molar-refractivity contribution >= 4 is 21.7 Å². The van der Waals surface area contributed by atoms with Gasteiger partial charge in [-0.1, -0.05) is 17.7 Å². The Kier molecular flexibility index (Phi) is 2.22. The third-order valence-electron chi connectivity index (χ3n) is 4.07. The van der Waals surface area contributed by atoms with Crippen LogP contribution in [0.4, 0.5) is 0 Å². The first-order chi connectivity index (χ1) is 9.65. The molecule has 0 unspecified atom stereocenters. The molecule has 0 bridgehead atoms. The van der Waals surface area contributed by atoms with Gasteiger partial charge in [0.1, 0.15) is 5.75 Å². The van der Waals surface area contributed by atoms with Crippen LogP contribution in [-0.4, -0.2) is 9.67 Å². The molecule has 1 aliphatic rings. The number of rotatable bonds is 1. The second-order valence-corrected chi connectivity index (χ2v) is 5.66. The summed E-state index contributed by atoms with van der Waals surface area (Å²) in [6.45, 7) is 2.00. The Bertz CT molecular complexity index is 904. The highest BCUT2D eigenvalue weighted by atomic mass is 16.3. The van der Waals surface area contributed by atoms with Gasteiger partial charge in [0.2, 0.25) is 0 Å². The third kappa shape index (κ3) is 1.56. The van der Waals surface area contributed by atoms with Crippen molar-refractivity contribution in [1.29, 1.82) is 0 Å². The molecule has 0 atom stereocenters. The molecule has 4 rings (SSSR count). The van der Waals surface area contributed by atoms with Crippen LogP contribution in [0.5, 0.6) is 5.75 Å². The van der Waals surface area contributed by atoms with Crippen molar-refractivity contribution in [2.75, 3.05) is 0 Å². The van der Waals surface area contributed by atoms with Crippen LogP contribution in [-0.2, 0) is 0 Å². The summed E-state index contributed by atoms with van der Waals surface area (Å²) in [5.74, 6) is 0.206. The van der Waals surface area contributed by atoms with Gasteiger partial charge in [-0.25, -0.2) is 0 Å². The number of hydrogen-bond donors (Lipinski definition) is 1. The summed E-state index contributed by atoms with van der Waals surface area (Å²) >= 11 is 0. The smallest absolute Gasteiger partial charge is 0.259 e. The van der Waals surface area contributed by atoms with Crippen molar-refractivity contribution in [2.45, 2.75) is 25.8 Å². The monoisotopic (exact) mass is 265 g/mol. The molecular formula is C17H15NO2. The average molecular weight is 265 g/mol. The molecular weight excluding hydrogens is 250 g/mol. The molecule has 1 heterocycles. The Morgan fingerprint density at radius 1 is 1.05 bits per heavy atom. The van der Waals surface area contributed by atoms with Crippen LogP contribution in [0, 0.1) is 6.92 Å². The largest absolute Gasteiger partial charge is 0.508 e. The summed E-state index contributed by atoms with van der Waals surface area (Å²) in [5.41, 5.74) is 1.99. The van der Waals surface area contributed by atoms with Crippen LogP contribution in [0.2, 0.25) is 0 Å². The van der Waals surface area contributed by atoms with Gasteiger partial charge < -0.3 is 9.67 Å². The number of fused-ring (bicyclic) bond motifs is 3. The van der Waals surface area contributed by atoms with E-state index < -0.39 is 0 Å². The van der Waals surface area contributed by atoms with E-state index in [4.69, 9.17) is 0 Å². The Morgan fingerprint density at radius 3 is 2.55 bits per heavy atom. The first kappa shape index (κ1) is 11.5. The predicted molar refractivity (Wildman–Crippen MR) is 80.4 cm³/mol. The van der Waals surface area contributed by atoms with E-state index in [-0.39, 0.29) is 17.4 Å². The average Bonchev–Trinajstić information content (AvgIpc) is 3.24. The van der Waals surface area contributed by atoms with Crippen LogP contribution in [0.25, 0.3) is 21.7 Å². The normalized spacial score (nSPS) is 15.1. The zero-order valence-corrected chi connectivity index (χ0v) is 11.3. The lowest BCUT2D eigenvalue weighted by Crippen LogP contribution is -2.19. The van der Waals surface area contributed by atoms with Gasteiger partial charge in [-0.3, -0.25) is 4.79 Å². The van der Waals surface area contributed by atoms with E-state index in [1.807, 2.05) is 35.8 Å². The SMILES string of the molecule is Cc1ccc2c(c1)c(=O)n(C1CC1)c1cc(O)ccc21. The maximum atomic E-state index is 12.8. The lowest BCUT2D eigenvalue weighted by Gasteiger charge is -2.13. The number of hydrogen-bond acceptors (Lipinski definition) is 2. The summed E-state index contributed by atoms with van der Waals surface area (Å²) in [4.78, 5) is 12.8. The molecule has 20 heavy (non-hydrogen) atoms. The molecule has 1 aromatic heterocycles. The standard InChI is InChI=1S/C17H15NO2/c1-10-2-6-13-14-7-5-12(19)9-16(14)18(11-3-4-11)17(20)15(13)8-10/h2,5-9,11,19H,3-4H2,1H3. The van der Waals surface area contributed by atoms with Crippen LogP contribution in [0.1, 0.15) is 24.4 Å². The lowest BCUT2D eigenvalue weighted by molar-refractivity contribution is 0.475. The summed E-state index contributed by atoms with van der Waals surface area (Å²) in [7, 11) is 0. The van der Waals surface area contributed by atoms with Gasteiger partial charge >= 0.3 is 0 Å². The Labute approximate surface area is 116 Å². The molecule has 0 amide bonds. The fourth-order valence-electron chi connectivity index (χ4n) is 2.95. The van der Waals surface area contributed by atoms with E-state index in [1.54, 1.807) is 12.1 Å². The molecule has 100 valence electrons. The molecule has 3 nitrogen and oxygen atoms in total. The minimum Gasteiger partial charge on any atom is -0.508 e. The molecule has 1 fully saturated rings. The number of aromatic hydroxyl groups is 1. The van der Waals surface area contributed by atoms with Crippen LogP contribution >= 0.6 is 0 Å². The van der Waals surface area contributed by atoms with Crippen LogP contribution < -0.4 is 5.56 Å². The van der Waals surface area contributed by atoms with Crippen molar-refractivity contribution in [2.24, 2.45) is 0 Å². The Hall–Kier alpha value is -2.29. The fraction of sp³-hybridized carbons (Fsp3) is 0.235. The summed E-state index contributed by atoms with van der Waals surface area (Å²) in [6.07, 6.45) is 2.09. The molecule has 3 aromatic rings. The number of nitrogens with zero attached hydrogens (tertiary/aromatic N) is 1. The van der Waals surface area contributed by atoms with Crippen molar-refractivity contribution in [3.05, 3.63) is 52.3 Å². The highest BCUT2D eigenvalue weighted by Crippen LogP contribution is 2.38. The van der Waals surface area contributed by atoms with Gasteiger partial charge in [0.25, 0.3) is 5.56 Å². The van der Waals surface area contributed by atoms with E-state index in [2.05, 4.69) is 0 Å². The van der Waals surface area contributed by atoms with E-state index in [9.17, 15) is 9.90 Å². The van der Waals surface area contributed by atoms with E-state index in [0.29, 0.717) is 0 Å². The maximum absolute atomic E-state index is 12.8. The quantitative estimate of drug-likeness (QED) is 0.684. The number of aryl methyl sites for hydroxylation is 1. The van der Waals surface area contributed by atoms with Gasteiger partial charge in [0, 0.05) is 22.9 Å². The molecule has 0 saturated heterocycles. The zero-order valence-electron chi connectivity index (χ0n) is 11.3. The molecule has 0 aliphatic heterocycles. The molecule has 0 spiro atoms. The molecule has 0 radical (unpaired) electrons. The van der Waals surface area contributed by atoms with Crippen molar-refractivity contribution in [3.8, 4) is 5.75 Å². The number of aromatic nitrogens is 1. The summed E-state index contributed by atoms with van der Waals surface area (Å²) in [6, 6.07) is 11.6. The van der Waals surface area contributed by atoms with Crippen molar-refractivity contribution in [1.82, 2.24) is 4.57 Å². The topological polar surface area (TPSA) is 42.2 Å². The number of pyridine rings is 1. The van der Waals surface area contributed by atoms with Crippen LogP contribution in [0.15, 0.2) is 41.2 Å². The second kappa shape index (κ2) is 3.85. The Balaban J connectivity index is 2.28. The fourth-order valence-corrected chi connectivity index (χ4v) is 2.95. The van der Waals surface area contributed by atoms with Gasteiger partial charge in [-0.15, -0.1) is 0 Å². The highest BCUT2D eigenvalue weighted by molar-refractivity contribution is 6.06. The van der Waals surface area contributed by atoms with Gasteiger partial charge in [-0.2, -0.15) is 0 Å². The first-order valence-electron chi connectivity index (χ1n) is 6.93. The first-order valence-corrected chi connectivity index (χ1v) is 6.93. The Morgan fingerprint density at radius 2 is 1.80 bits per heavy atom. The van der Waals surface area contributed by atoms with Gasteiger partial charge in [0.15, 0.2) is 0 Å². The highest BCUT2D eigenvalue weighted by Gasteiger charge is 2.27. The minimum absolute atomic E-state index is 0.0595. The lowest BCUT2D eigenvalue weighted by atomic mass is 10.0. The minimum atomic E-state index is 0.0595. The molecule has 2 aromatic carbocycles. The van der Waals surface area contributed by atoms with E-state index >= 15 is 0 Å². The molecule has 1 N–H and O–H groups in total. The second-order valence-electron chi connectivity index (χ2n) is 5.66. The van der Waals surface area contributed by atoms with E-state index in [1.165, 1.54) is 0 Å². The number of phenolic OH excluding ortho intramolecular Hbond substituents is 1. The molecule has 1 saturated carbocycles. The number of benzene rings is 2. The zero-order chi connectivity index (χ0) is 13.9. The molecule has 3 heteroatoms. The third-order valence-corrected chi connectivity index (χ3v) is 4.07. The van der Waals surface area contributed by atoms with Crippen molar-refractivity contribution in [3.63, 3.8) is 0 Å². The summed E-state index contributed by atoms with van der Waals surface area (Å²) < 4.78 is 1.86. The molecule has 1 aliphatic carbocycles. The van der Waals surface area contributed by atoms with E-state index in [0.717, 1.165) is 40.1 Å². The maximum Gasteiger partial charge on any atom is 0.259 e. The van der Waals surface area contributed by atoms with Crippen LogP contribution in [0.3, 0.4) is 0 Å². The summed E-state index contributed by atoms with van der Waals surface area (Å²) in [5, 5.41) is 12.5. The number of phenols is 1. The predicted octanol–water partition coefficient (Wildman–Crippen LogP) is 3.50. The van der Waals surface area contributed by atoms with Gasteiger partial charge in [-0.05, 0) is 43.4 Å². The van der Waals surface area contributed by atoms with Crippen molar-refractivity contribution < 1.29 is 5.11 Å². The van der Waals surface area contributed by atoms with Gasteiger partial charge in [0.05, 0.1) is 5.52 Å².